The summed E-state index contributed by atoms with van der Waals surface area (Å²) in [4.78, 5) is 12.5. The van der Waals surface area contributed by atoms with E-state index in [1.165, 1.54) is 11.1 Å². The van der Waals surface area contributed by atoms with Crippen molar-refractivity contribution >= 4 is 5.91 Å². The maximum absolute atomic E-state index is 12.5. The lowest BCUT2D eigenvalue weighted by atomic mass is 10.0. The first kappa shape index (κ1) is 14.1. The Morgan fingerprint density at radius 3 is 2.83 bits per heavy atom. The third-order valence-corrected chi connectivity index (χ3v) is 4.34. The van der Waals surface area contributed by atoms with Crippen LogP contribution in [0, 0.1) is 0 Å². The molecule has 1 amide bonds. The minimum Gasteiger partial charge on any atom is -0.454 e. The standard InChI is InChI=1S/C18H18N2O3/c1-11(12-4-5-16-17(7-12)23-10-22-16)20-18(21)13-2-3-14-8-19-9-15(14)6-13/h2-7,11,19H,8-10H2,1H3,(H,20,21). The number of benzene rings is 2. The number of rotatable bonds is 3. The molecule has 0 saturated heterocycles. The van der Waals surface area contributed by atoms with Crippen molar-refractivity contribution in [1.29, 1.82) is 0 Å². The van der Waals surface area contributed by atoms with Gasteiger partial charge in [0.05, 0.1) is 6.04 Å². The topological polar surface area (TPSA) is 59.6 Å². The van der Waals surface area contributed by atoms with Gasteiger partial charge in [-0.25, -0.2) is 0 Å². The predicted molar refractivity (Wildman–Crippen MR) is 85.4 cm³/mol. The van der Waals surface area contributed by atoms with Crippen molar-refractivity contribution in [3.8, 4) is 11.5 Å². The van der Waals surface area contributed by atoms with E-state index in [-0.39, 0.29) is 18.7 Å². The summed E-state index contributed by atoms with van der Waals surface area (Å²) in [5, 5.41) is 6.33. The molecule has 2 aromatic carbocycles. The van der Waals surface area contributed by atoms with Gasteiger partial charge in [-0.15, -0.1) is 0 Å². The molecule has 2 aromatic rings. The number of amides is 1. The van der Waals surface area contributed by atoms with Crippen LogP contribution in [-0.2, 0) is 13.1 Å². The molecule has 0 bridgehead atoms. The first-order valence-corrected chi connectivity index (χ1v) is 7.73. The average Bonchev–Trinajstić information content (AvgIpc) is 3.21. The van der Waals surface area contributed by atoms with Crippen molar-refractivity contribution in [3.05, 3.63) is 58.7 Å². The predicted octanol–water partition coefficient (Wildman–Crippen LogP) is 2.51. The molecule has 0 radical (unpaired) electrons. The molecule has 0 spiro atoms. The molecule has 1 unspecified atom stereocenters. The van der Waals surface area contributed by atoms with Gasteiger partial charge < -0.3 is 20.1 Å². The van der Waals surface area contributed by atoms with Gasteiger partial charge in [0.2, 0.25) is 6.79 Å². The molecule has 5 heteroatoms. The highest BCUT2D eigenvalue weighted by atomic mass is 16.7. The molecule has 2 N–H and O–H groups in total. The van der Waals surface area contributed by atoms with Crippen molar-refractivity contribution in [2.75, 3.05) is 6.79 Å². The highest BCUT2D eigenvalue weighted by Gasteiger charge is 2.18. The minimum atomic E-state index is -0.108. The van der Waals surface area contributed by atoms with Gasteiger partial charge in [-0.2, -0.15) is 0 Å². The quantitative estimate of drug-likeness (QED) is 0.914. The highest BCUT2D eigenvalue weighted by molar-refractivity contribution is 5.94. The summed E-state index contributed by atoms with van der Waals surface area (Å²) < 4.78 is 10.7. The van der Waals surface area contributed by atoms with Gasteiger partial charge in [0.1, 0.15) is 0 Å². The summed E-state index contributed by atoms with van der Waals surface area (Å²) in [6.45, 7) is 3.92. The van der Waals surface area contributed by atoms with Crippen LogP contribution in [0.15, 0.2) is 36.4 Å². The SMILES string of the molecule is CC(NC(=O)c1ccc2c(c1)CNC2)c1ccc2c(c1)OCO2. The Kier molecular flexibility index (Phi) is 3.42. The number of carbonyl (C=O) groups is 1. The molecule has 0 saturated carbocycles. The summed E-state index contributed by atoms with van der Waals surface area (Å²) in [5.41, 5.74) is 4.16. The molecule has 0 aliphatic carbocycles. The molecule has 23 heavy (non-hydrogen) atoms. The fourth-order valence-corrected chi connectivity index (χ4v) is 2.98. The van der Waals surface area contributed by atoms with E-state index in [0.717, 1.165) is 30.2 Å². The summed E-state index contributed by atoms with van der Waals surface area (Å²) in [5.74, 6) is 1.41. The van der Waals surface area contributed by atoms with Crippen LogP contribution in [0.25, 0.3) is 0 Å². The van der Waals surface area contributed by atoms with Gasteiger partial charge in [0, 0.05) is 18.7 Å². The number of ether oxygens (including phenoxy) is 2. The second-order valence-corrected chi connectivity index (χ2v) is 5.89. The Labute approximate surface area is 134 Å². The van der Waals surface area contributed by atoms with Crippen LogP contribution < -0.4 is 20.1 Å². The highest BCUT2D eigenvalue weighted by Crippen LogP contribution is 2.34. The molecule has 1 atom stereocenters. The van der Waals surface area contributed by atoms with E-state index >= 15 is 0 Å². The Hall–Kier alpha value is -2.53. The molecule has 4 rings (SSSR count). The minimum absolute atomic E-state index is 0.0649. The van der Waals surface area contributed by atoms with Gasteiger partial charge in [-0.05, 0) is 47.9 Å². The van der Waals surface area contributed by atoms with E-state index in [9.17, 15) is 4.79 Å². The van der Waals surface area contributed by atoms with Crippen molar-refractivity contribution in [3.63, 3.8) is 0 Å². The number of nitrogens with one attached hydrogen (secondary N) is 2. The van der Waals surface area contributed by atoms with E-state index in [1.807, 2.05) is 43.3 Å². The van der Waals surface area contributed by atoms with E-state index in [0.29, 0.717) is 5.56 Å². The van der Waals surface area contributed by atoms with Crippen LogP contribution in [0.1, 0.15) is 40.0 Å². The number of hydrogen-bond donors (Lipinski definition) is 2. The molecule has 0 fully saturated rings. The van der Waals surface area contributed by atoms with Gasteiger partial charge in [-0.3, -0.25) is 4.79 Å². The van der Waals surface area contributed by atoms with Crippen molar-refractivity contribution in [1.82, 2.24) is 10.6 Å². The van der Waals surface area contributed by atoms with Crippen LogP contribution in [0.4, 0.5) is 0 Å². The maximum atomic E-state index is 12.5. The molecule has 2 heterocycles. The summed E-state index contributed by atoms with van der Waals surface area (Å²) in [6.07, 6.45) is 0. The lowest BCUT2D eigenvalue weighted by Crippen LogP contribution is -2.26. The summed E-state index contributed by atoms with van der Waals surface area (Å²) in [6, 6.07) is 11.5. The first-order chi connectivity index (χ1) is 11.2. The largest absolute Gasteiger partial charge is 0.454 e. The molecule has 0 aromatic heterocycles. The van der Waals surface area contributed by atoms with E-state index in [4.69, 9.17) is 9.47 Å². The molecule has 2 aliphatic heterocycles. The Bertz CT molecular complexity index is 773. The zero-order valence-electron chi connectivity index (χ0n) is 12.9. The number of hydrogen-bond acceptors (Lipinski definition) is 4. The third kappa shape index (κ3) is 2.64. The maximum Gasteiger partial charge on any atom is 0.251 e. The van der Waals surface area contributed by atoms with Crippen LogP contribution in [0.5, 0.6) is 11.5 Å². The van der Waals surface area contributed by atoms with Gasteiger partial charge >= 0.3 is 0 Å². The van der Waals surface area contributed by atoms with Crippen LogP contribution in [0.2, 0.25) is 0 Å². The van der Waals surface area contributed by atoms with Crippen molar-refractivity contribution in [2.24, 2.45) is 0 Å². The Morgan fingerprint density at radius 1 is 1.09 bits per heavy atom. The number of fused-ring (bicyclic) bond motifs is 2. The van der Waals surface area contributed by atoms with E-state index in [2.05, 4.69) is 10.6 Å². The lowest BCUT2D eigenvalue weighted by Gasteiger charge is -2.15. The van der Waals surface area contributed by atoms with Crippen LogP contribution >= 0.6 is 0 Å². The number of carbonyl (C=O) groups excluding carboxylic acids is 1. The Balaban J connectivity index is 1.50. The smallest absolute Gasteiger partial charge is 0.251 e. The average molecular weight is 310 g/mol. The van der Waals surface area contributed by atoms with Gasteiger partial charge in [0.25, 0.3) is 5.91 Å². The zero-order valence-corrected chi connectivity index (χ0v) is 12.9. The zero-order chi connectivity index (χ0) is 15.8. The summed E-state index contributed by atoms with van der Waals surface area (Å²) >= 11 is 0. The summed E-state index contributed by atoms with van der Waals surface area (Å²) in [7, 11) is 0. The first-order valence-electron chi connectivity index (χ1n) is 7.73. The fraction of sp³-hybridized carbons (Fsp3) is 0.278. The third-order valence-electron chi connectivity index (χ3n) is 4.34. The van der Waals surface area contributed by atoms with Gasteiger partial charge in [0.15, 0.2) is 11.5 Å². The molecular weight excluding hydrogens is 292 g/mol. The normalized spacial score (nSPS) is 16.0. The second-order valence-electron chi connectivity index (χ2n) is 5.89. The van der Waals surface area contributed by atoms with E-state index in [1.54, 1.807) is 0 Å². The van der Waals surface area contributed by atoms with E-state index < -0.39 is 0 Å². The molecular formula is C18H18N2O3. The van der Waals surface area contributed by atoms with Crippen LogP contribution in [0.3, 0.4) is 0 Å². The molecule has 118 valence electrons. The van der Waals surface area contributed by atoms with Crippen molar-refractivity contribution < 1.29 is 14.3 Å². The molecule has 2 aliphatic rings. The lowest BCUT2D eigenvalue weighted by molar-refractivity contribution is 0.0939. The monoisotopic (exact) mass is 310 g/mol. The molecule has 5 nitrogen and oxygen atoms in total. The van der Waals surface area contributed by atoms with Crippen molar-refractivity contribution in [2.45, 2.75) is 26.1 Å². The van der Waals surface area contributed by atoms with Gasteiger partial charge in [-0.1, -0.05) is 12.1 Å². The second kappa shape index (κ2) is 5.59. The Morgan fingerprint density at radius 2 is 1.91 bits per heavy atom. The van der Waals surface area contributed by atoms with Crippen LogP contribution in [-0.4, -0.2) is 12.7 Å². The fourth-order valence-electron chi connectivity index (χ4n) is 2.98.